The number of nitrogens with one attached hydrogen (secondary N) is 1. The lowest BCUT2D eigenvalue weighted by molar-refractivity contribution is 0.0636. The number of carbonyl (C=O) groups is 1. The van der Waals surface area contributed by atoms with Gasteiger partial charge in [-0.15, -0.1) is 0 Å². The van der Waals surface area contributed by atoms with Crippen molar-refractivity contribution in [1.29, 1.82) is 0 Å². The fraction of sp³-hybridized carbons (Fsp3) is 0.200. The number of fused-ring (bicyclic) bond motifs is 1. The molecule has 0 aliphatic rings. The van der Waals surface area contributed by atoms with Crippen molar-refractivity contribution in [2.24, 2.45) is 0 Å². The minimum absolute atomic E-state index is 0.470. The molecular weight excluding hydrogens is 300 g/mol. The number of anilines is 1. The predicted molar refractivity (Wildman–Crippen MR) is 97.0 cm³/mol. The number of hydrogen-bond donors (Lipinski definition) is 1. The van der Waals surface area contributed by atoms with Gasteiger partial charge < -0.3 is 4.74 Å². The normalized spacial score (nSPS) is 11.3. The second-order valence-electron chi connectivity index (χ2n) is 6.55. The number of benzene rings is 2. The zero-order valence-electron chi connectivity index (χ0n) is 14.0. The average Bonchev–Trinajstić information content (AvgIpc) is 2.53. The molecule has 0 fully saturated rings. The van der Waals surface area contributed by atoms with Gasteiger partial charge in [0.25, 0.3) is 0 Å². The summed E-state index contributed by atoms with van der Waals surface area (Å²) in [6.45, 7) is 5.53. The SMILES string of the molecule is CC(C)(C)OC(=O)Nc1ccc2ncccc2c1-c1ccccc1. The van der Waals surface area contributed by atoms with Crippen molar-refractivity contribution in [3.8, 4) is 11.1 Å². The molecule has 0 atom stereocenters. The van der Waals surface area contributed by atoms with Gasteiger partial charge in [-0.1, -0.05) is 36.4 Å². The van der Waals surface area contributed by atoms with Crippen LogP contribution in [0.2, 0.25) is 0 Å². The van der Waals surface area contributed by atoms with Gasteiger partial charge in [-0.3, -0.25) is 10.3 Å². The predicted octanol–water partition coefficient (Wildman–Crippen LogP) is 5.25. The van der Waals surface area contributed by atoms with Crippen LogP contribution in [0.15, 0.2) is 60.8 Å². The monoisotopic (exact) mass is 320 g/mol. The number of rotatable bonds is 2. The van der Waals surface area contributed by atoms with Crippen LogP contribution >= 0.6 is 0 Å². The smallest absolute Gasteiger partial charge is 0.412 e. The number of aromatic nitrogens is 1. The Morgan fingerprint density at radius 1 is 1.00 bits per heavy atom. The van der Waals surface area contributed by atoms with Gasteiger partial charge in [0, 0.05) is 17.1 Å². The van der Waals surface area contributed by atoms with E-state index >= 15 is 0 Å². The standard InChI is InChI=1S/C20H20N2O2/c1-20(2,3)24-19(23)22-17-12-11-16-15(10-7-13-21-16)18(17)14-8-5-4-6-9-14/h4-13H,1-3H3,(H,22,23). The van der Waals surface area contributed by atoms with Crippen LogP contribution in [0.4, 0.5) is 10.5 Å². The Bertz CT molecular complexity index is 868. The lowest BCUT2D eigenvalue weighted by atomic mass is 9.98. The number of nitrogens with zero attached hydrogens (tertiary/aromatic N) is 1. The number of hydrogen-bond acceptors (Lipinski definition) is 3. The van der Waals surface area contributed by atoms with Gasteiger partial charge >= 0.3 is 6.09 Å². The lowest BCUT2D eigenvalue weighted by Gasteiger charge is -2.21. The van der Waals surface area contributed by atoms with Crippen LogP contribution in [0, 0.1) is 0 Å². The highest BCUT2D eigenvalue weighted by molar-refractivity contribution is 6.04. The summed E-state index contributed by atoms with van der Waals surface area (Å²) in [5.41, 5.74) is 2.99. The zero-order chi connectivity index (χ0) is 17.2. The molecule has 2 aromatic carbocycles. The molecule has 0 aliphatic heterocycles. The Balaban J connectivity index is 2.09. The van der Waals surface area contributed by atoms with Gasteiger partial charge in [-0.05, 0) is 44.5 Å². The summed E-state index contributed by atoms with van der Waals surface area (Å²) in [5.74, 6) is 0. The molecule has 1 amide bonds. The average molecular weight is 320 g/mol. The first kappa shape index (κ1) is 16.0. The van der Waals surface area contributed by atoms with Gasteiger partial charge in [-0.2, -0.15) is 0 Å². The van der Waals surface area contributed by atoms with Gasteiger partial charge in [-0.25, -0.2) is 4.79 Å². The lowest BCUT2D eigenvalue weighted by Crippen LogP contribution is -2.27. The summed E-state index contributed by atoms with van der Waals surface area (Å²) in [6, 6.07) is 17.6. The van der Waals surface area contributed by atoms with E-state index in [1.807, 2.05) is 75.4 Å². The summed E-state index contributed by atoms with van der Waals surface area (Å²) in [4.78, 5) is 16.6. The fourth-order valence-electron chi connectivity index (χ4n) is 2.59. The molecule has 0 unspecified atom stereocenters. The maximum absolute atomic E-state index is 12.2. The molecule has 0 saturated carbocycles. The third-order valence-corrected chi connectivity index (χ3v) is 3.48. The van der Waals surface area contributed by atoms with Crippen LogP contribution in [-0.4, -0.2) is 16.7 Å². The van der Waals surface area contributed by atoms with Gasteiger partial charge in [0.1, 0.15) is 5.60 Å². The number of carbonyl (C=O) groups excluding carboxylic acids is 1. The van der Waals surface area contributed by atoms with E-state index in [0.717, 1.165) is 22.0 Å². The maximum atomic E-state index is 12.2. The molecule has 0 saturated heterocycles. The quantitative estimate of drug-likeness (QED) is 0.701. The molecular formula is C20H20N2O2. The Labute approximate surface area is 141 Å². The Hall–Kier alpha value is -2.88. The van der Waals surface area contributed by atoms with Crippen molar-refractivity contribution in [3.05, 3.63) is 60.8 Å². The van der Waals surface area contributed by atoms with Gasteiger partial charge in [0.05, 0.1) is 11.2 Å². The summed E-state index contributed by atoms with van der Waals surface area (Å²) >= 11 is 0. The molecule has 3 rings (SSSR count). The summed E-state index contributed by atoms with van der Waals surface area (Å²) in [7, 11) is 0. The van der Waals surface area contributed by atoms with Crippen molar-refractivity contribution in [2.75, 3.05) is 5.32 Å². The highest BCUT2D eigenvalue weighted by Crippen LogP contribution is 2.35. The number of amides is 1. The van der Waals surface area contributed by atoms with E-state index in [2.05, 4.69) is 10.3 Å². The fourth-order valence-corrected chi connectivity index (χ4v) is 2.59. The van der Waals surface area contributed by atoms with Crippen molar-refractivity contribution in [1.82, 2.24) is 4.98 Å². The second kappa shape index (κ2) is 6.32. The number of ether oxygens (including phenoxy) is 1. The first-order chi connectivity index (χ1) is 11.4. The van der Waals surface area contributed by atoms with Crippen LogP contribution in [0.25, 0.3) is 22.0 Å². The Morgan fingerprint density at radius 2 is 1.75 bits per heavy atom. The first-order valence-corrected chi connectivity index (χ1v) is 7.87. The Morgan fingerprint density at radius 3 is 2.46 bits per heavy atom. The summed E-state index contributed by atoms with van der Waals surface area (Å²) < 4.78 is 5.38. The molecule has 4 nitrogen and oxygen atoms in total. The molecule has 24 heavy (non-hydrogen) atoms. The minimum atomic E-state index is -0.546. The van der Waals surface area contributed by atoms with Crippen molar-refractivity contribution < 1.29 is 9.53 Å². The maximum Gasteiger partial charge on any atom is 0.412 e. The van der Waals surface area contributed by atoms with E-state index < -0.39 is 11.7 Å². The van der Waals surface area contributed by atoms with Crippen LogP contribution in [0.1, 0.15) is 20.8 Å². The van der Waals surface area contributed by atoms with Crippen LogP contribution in [0.3, 0.4) is 0 Å². The molecule has 1 aromatic heterocycles. The summed E-state index contributed by atoms with van der Waals surface area (Å²) in [6.07, 6.45) is 1.29. The molecule has 0 aliphatic carbocycles. The van der Waals surface area contributed by atoms with Crippen LogP contribution in [0.5, 0.6) is 0 Å². The topological polar surface area (TPSA) is 51.2 Å². The summed E-state index contributed by atoms with van der Waals surface area (Å²) in [5, 5.41) is 3.85. The molecule has 4 heteroatoms. The van der Waals surface area contributed by atoms with E-state index in [0.29, 0.717) is 5.69 Å². The molecule has 1 heterocycles. The molecule has 0 radical (unpaired) electrons. The van der Waals surface area contributed by atoms with Gasteiger partial charge in [0.2, 0.25) is 0 Å². The first-order valence-electron chi connectivity index (χ1n) is 7.87. The largest absolute Gasteiger partial charge is 0.444 e. The second-order valence-corrected chi connectivity index (χ2v) is 6.55. The van der Waals surface area contributed by atoms with E-state index in [9.17, 15) is 4.79 Å². The van der Waals surface area contributed by atoms with Crippen LogP contribution < -0.4 is 5.32 Å². The van der Waals surface area contributed by atoms with Crippen molar-refractivity contribution >= 4 is 22.7 Å². The van der Waals surface area contributed by atoms with Gasteiger partial charge in [0.15, 0.2) is 0 Å². The highest BCUT2D eigenvalue weighted by atomic mass is 16.6. The Kier molecular flexibility index (Phi) is 4.21. The third-order valence-electron chi connectivity index (χ3n) is 3.48. The molecule has 122 valence electrons. The van der Waals surface area contributed by atoms with E-state index in [1.54, 1.807) is 6.20 Å². The molecule has 1 N–H and O–H groups in total. The highest BCUT2D eigenvalue weighted by Gasteiger charge is 2.18. The van der Waals surface area contributed by atoms with Crippen LogP contribution in [-0.2, 0) is 4.74 Å². The molecule has 3 aromatic rings. The molecule has 0 bridgehead atoms. The van der Waals surface area contributed by atoms with E-state index in [-0.39, 0.29) is 0 Å². The van der Waals surface area contributed by atoms with Crippen molar-refractivity contribution in [2.45, 2.75) is 26.4 Å². The molecule has 0 spiro atoms. The van der Waals surface area contributed by atoms with E-state index in [4.69, 9.17) is 4.74 Å². The zero-order valence-corrected chi connectivity index (χ0v) is 14.0. The minimum Gasteiger partial charge on any atom is -0.444 e. The number of pyridine rings is 1. The van der Waals surface area contributed by atoms with E-state index in [1.165, 1.54) is 0 Å². The third kappa shape index (κ3) is 3.54. The van der Waals surface area contributed by atoms with Crippen molar-refractivity contribution in [3.63, 3.8) is 0 Å².